The van der Waals surface area contributed by atoms with Crippen LogP contribution in [0.25, 0.3) is 0 Å². The third-order valence-corrected chi connectivity index (χ3v) is 5.80. The van der Waals surface area contributed by atoms with Crippen molar-refractivity contribution in [2.45, 2.75) is 32.8 Å². The lowest BCUT2D eigenvalue weighted by atomic mass is 10.1. The van der Waals surface area contributed by atoms with Crippen molar-refractivity contribution in [2.24, 2.45) is 5.73 Å². The Hall–Kier alpha value is -2.86. The minimum atomic E-state index is -1.38. The molecule has 12 heteroatoms. The molecule has 0 saturated carbocycles. The average Bonchev–Trinajstić information content (AvgIpc) is 3.39. The monoisotopic (exact) mass is 471 g/mol. The second kappa shape index (κ2) is 10.6. The molecule has 4 N–H and O–H groups in total. The van der Waals surface area contributed by atoms with Crippen molar-refractivity contribution >= 4 is 28.5 Å². The molecule has 3 rings (SSSR count). The van der Waals surface area contributed by atoms with E-state index < -0.39 is 41.6 Å². The first kappa shape index (κ1) is 23.8. The molecule has 0 radical (unpaired) electrons. The fourth-order valence-corrected chi connectivity index (χ4v) is 4.09. The van der Waals surface area contributed by atoms with Crippen molar-refractivity contribution in [1.82, 2.24) is 14.6 Å². The molecule has 1 aliphatic heterocycles. The second-order valence-corrected chi connectivity index (χ2v) is 8.18. The number of rotatable bonds is 9. The van der Waals surface area contributed by atoms with Gasteiger partial charge < -0.3 is 20.7 Å². The van der Waals surface area contributed by atoms with Crippen molar-refractivity contribution in [1.29, 1.82) is 0 Å². The van der Waals surface area contributed by atoms with E-state index in [0.717, 1.165) is 43.7 Å². The molecule has 0 unspecified atom stereocenters. The van der Waals surface area contributed by atoms with E-state index in [1.807, 2.05) is 0 Å². The molecule has 1 aromatic carbocycles. The van der Waals surface area contributed by atoms with Crippen molar-refractivity contribution < 1.29 is 27.5 Å². The van der Waals surface area contributed by atoms with Gasteiger partial charge in [-0.25, -0.2) is 18.0 Å². The van der Waals surface area contributed by atoms with Crippen LogP contribution >= 0.6 is 11.5 Å². The zero-order chi connectivity index (χ0) is 23.3. The summed E-state index contributed by atoms with van der Waals surface area (Å²) in [6, 6.07) is 0.288. The van der Waals surface area contributed by atoms with Gasteiger partial charge >= 0.3 is 6.03 Å². The van der Waals surface area contributed by atoms with Gasteiger partial charge in [-0.05, 0) is 69.0 Å². The Bertz CT molecular complexity index is 995. The smallest absolute Gasteiger partial charge is 0.319 e. The number of carbonyl (C=O) groups excluding carboxylic acids is 2. The number of hydrogen-bond donors (Lipinski definition) is 3. The van der Waals surface area contributed by atoms with Crippen molar-refractivity contribution in [2.75, 3.05) is 31.5 Å². The number of nitrogens with zero attached hydrogens (tertiary/aromatic N) is 2. The number of likely N-dealkylation sites (tertiary alicyclic amines) is 1. The third kappa shape index (κ3) is 5.68. The Labute approximate surface area is 187 Å². The molecule has 0 spiro atoms. The molecular formula is C20H24F3N5O3S. The molecule has 2 heterocycles. The summed E-state index contributed by atoms with van der Waals surface area (Å²) in [4.78, 5) is 26.3. The Morgan fingerprint density at radius 1 is 1.25 bits per heavy atom. The van der Waals surface area contributed by atoms with Crippen LogP contribution in [0.15, 0.2) is 6.07 Å². The maximum atomic E-state index is 14.0. The van der Waals surface area contributed by atoms with Crippen LogP contribution in [-0.4, -0.2) is 47.4 Å². The van der Waals surface area contributed by atoms with Gasteiger partial charge in [0.15, 0.2) is 11.6 Å². The van der Waals surface area contributed by atoms with Crippen LogP contribution in [-0.2, 0) is 6.61 Å². The number of halogens is 3. The van der Waals surface area contributed by atoms with Gasteiger partial charge in [0.2, 0.25) is 5.88 Å². The summed E-state index contributed by atoms with van der Waals surface area (Å²) in [6.45, 7) is 3.97. The fourth-order valence-electron chi connectivity index (χ4n) is 3.36. The number of aryl methyl sites for hydroxylation is 1. The first-order valence-corrected chi connectivity index (χ1v) is 10.9. The lowest BCUT2D eigenvalue weighted by Crippen LogP contribution is -2.32. The van der Waals surface area contributed by atoms with E-state index in [-0.39, 0.29) is 22.0 Å². The number of ether oxygens (including phenoxy) is 1. The number of amides is 3. The van der Waals surface area contributed by atoms with E-state index in [1.54, 1.807) is 0 Å². The first-order chi connectivity index (χ1) is 15.3. The number of primary amides is 1. The Balaban J connectivity index is 1.60. The van der Waals surface area contributed by atoms with E-state index in [2.05, 4.69) is 19.9 Å². The highest BCUT2D eigenvalue weighted by atomic mass is 32.1. The van der Waals surface area contributed by atoms with Crippen LogP contribution in [0.1, 0.15) is 40.7 Å². The number of anilines is 1. The summed E-state index contributed by atoms with van der Waals surface area (Å²) in [5, 5.41) is 5.19. The SMILES string of the molecule is Cc1cc(F)c(COc2nsc(NC(=O)NCCCN3CCCC3)c2C(N)=O)c(F)c1F. The van der Waals surface area contributed by atoms with Crippen LogP contribution in [0.2, 0.25) is 0 Å². The fraction of sp³-hybridized carbons (Fsp3) is 0.450. The van der Waals surface area contributed by atoms with E-state index in [4.69, 9.17) is 10.5 Å². The summed E-state index contributed by atoms with van der Waals surface area (Å²) < 4.78 is 50.9. The van der Waals surface area contributed by atoms with Crippen LogP contribution in [0, 0.1) is 24.4 Å². The topological polar surface area (TPSA) is 110 Å². The molecule has 0 bridgehead atoms. The van der Waals surface area contributed by atoms with E-state index in [0.29, 0.717) is 6.54 Å². The minimum absolute atomic E-state index is 0.0283. The van der Waals surface area contributed by atoms with E-state index >= 15 is 0 Å². The number of nitrogens with one attached hydrogen (secondary N) is 2. The minimum Gasteiger partial charge on any atom is -0.471 e. The summed E-state index contributed by atoms with van der Waals surface area (Å²) in [7, 11) is 0. The number of aromatic nitrogens is 1. The number of hydrogen-bond acceptors (Lipinski definition) is 6. The highest BCUT2D eigenvalue weighted by Gasteiger charge is 2.24. The van der Waals surface area contributed by atoms with Crippen molar-refractivity contribution in [3.05, 3.63) is 40.2 Å². The molecule has 174 valence electrons. The van der Waals surface area contributed by atoms with Crippen LogP contribution in [0.4, 0.5) is 23.0 Å². The maximum absolute atomic E-state index is 14.0. The van der Waals surface area contributed by atoms with Gasteiger partial charge in [0.25, 0.3) is 5.91 Å². The molecule has 32 heavy (non-hydrogen) atoms. The molecule has 0 aliphatic carbocycles. The zero-order valence-electron chi connectivity index (χ0n) is 17.5. The van der Waals surface area contributed by atoms with Crippen molar-refractivity contribution in [3.8, 4) is 5.88 Å². The standard InChI is InChI=1S/C20H24F3N5O3S/c1-11-9-13(21)12(16(23)15(11)22)10-31-18-14(17(24)29)19(32-27-18)26-20(30)25-5-4-8-28-6-2-3-7-28/h9H,2-8,10H2,1H3,(H2,24,29)(H2,25,26,30). The lowest BCUT2D eigenvalue weighted by molar-refractivity contribution is 0.0996. The largest absolute Gasteiger partial charge is 0.471 e. The van der Waals surface area contributed by atoms with Gasteiger partial charge in [-0.1, -0.05) is 0 Å². The summed E-state index contributed by atoms with van der Waals surface area (Å²) in [5.41, 5.74) is 4.28. The second-order valence-electron chi connectivity index (χ2n) is 7.41. The van der Waals surface area contributed by atoms with Crippen molar-refractivity contribution in [3.63, 3.8) is 0 Å². The van der Waals surface area contributed by atoms with Gasteiger partial charge in [0, 0.05) is 6.54 Å². The van der Waals surface area contributed by atoms with Gasteiger partial charge in [-0.3, -0.25) is 10.1 Å². The predicted molar refractivity (Wildman–Crippen MR) is 113 cm³/mol. The molecule has 2 aromatic rings. The molecule has 3 amide bonds. The number of benzene rings is 1. The Kier molecular flexibility index (Phi) is 7.91. The molecule has 1 aromatic heterocycles. The van der Waals surface area contributed by atoms with Gasteiger partial charge in [0.05, 0.1) is 5.56 Å². The zero-order valence-corrected chi connectivity index (χ0v) is 18.3. The third-order valence-electron chi connectivity index (χ3n) is 5.06. The summed E-state index contributed by atoms with van der Waals surface area (Å²) in [5.74, 6) is -4.84. The quantitative estimate of drug-likeness (QED) is 0.385. The van der Waals surface area contributed by atoms with Crippen LogP contribution in [0.3, 0.4) is 0 Å². The molecule has 1 fully saturated rings. The maximum Gasteiger partial charge on any atom is 0.319 e. The molecule has 1 saturated heterocycles. The Morgan fingerprint density at radius 2 is 1.97 bits per heavy atom. The van der Waals surface area contributed by atoms with Crippen LogP contribution in [0.5, 0.6) is 5.88 Å². The van der Waals surface area contributed by atoms with E-state index in [9.17, 15) is 22.8 Å². The first-order valence-electron chi connectivity index (χ1n) is 10.1. The van der Waals surface area contributed by atoms with E-state index in [1.165, 1.54) is 19.8 Å². The van der Waals surface area contributed by atoms with Crippen LogP contribution < -0.4 is 21.1 Å². The average molecular weight is 472 g/mol. The predicted octanol–water partition coefficient (Wildman–Crippen LogP) is 3.15. The highest BCUT2D eigenvalue weighted by Crippen LogP contribution is 2.31. The van der Waals surface area contributed by atoms with Gasteiger partial charge in [-0.15, -0.1) is 0 Å². The number of urea groups is 1. The summed E-state index contributed by atoms with van der Waals surface area (Å²) in [6.07, 6.45) is 3.16. The number of nitrogens with two attached hydrogens (primary N) is 1. The molecule has 0 atom stereocenters. The summed E-state index contributed by atoms with van der Waals surface area (Å²) >= 11 is 0.724. The lowest BCUT2D eigenvalue weighted by Gasteiger charge is -2.14. The highest BCUT2D eigenvalue weighted by molar-refractivity contribution is 7.11. The van der Waals surface area contributed by atoms with Gasteiger partial charge in [0.1, 0.15) is 23.0 Å². The normalized spacial score (nSPS) is 13.9. The molecule has 1 aliphatic rings. The molecular weight excluding hydrogens is 447 g/mol. The van der Waals surface area contributed by atoms with Gasteiger partial charge in [-0.2, -0.15) is 4.37 Å². The molecule has 8 nitrogen and oxygen atoms in total. The number of carbonyl (C=O) groups is 2. The Morgan fingerprint density at radius 3 is 2.66 bits per heavy atom.